The Hall–Kier alpha value is -1.07. The molecule has 2 fully saturated rings. The number of ether oxygens (including phenoxy) is 3. The van der Waals surface area contributed by atoms with Gasteiger partial charge in [0, 0.05) is 24.9 Å². The summed E-state index contributed by atoms with van der Waals surface area (Å²) in [5.74, 6) is -0.646. The van der Waals surface area contributed by atoms with Gasteiger partial charge in [0.15, 0.2) is 0 Å². The first-order chi connectivity index (χ1) is 8.72. The van der Waals surface area contributed by atoms with Crippen molar-refractivity contribution in [2.75, 3.05) is 20.3 Å². The van der Waals surface area contributed by atoms with Crippen LogP contribution in [0.3, 0.4) is 0 Å². The number of esters is 1. The normalized spacial score (nSPS) is 41.7. The fourth-order valence-electron chi connectivity index (χ4n) is 3.61. The zero-order valence-corrected chi connectivity index (χ0v) is 10.4. The predicted octanol–water partition coefficient (Wildman–Crippen LogP) is 0.825. The Kier molecular flexibility index (Phi) is 2.83. The minimum atomic E-state index is -0.605. The lowest BCUT2D eigenvalue weighted by Crippen LogP contribution is -2.57. The summed E-state index contributed by atoms with van der Waals surface area (Å²) in [4.78, 5) is 11.7. The average Bonchev–Trinajstić information content (AvgIpc) is 2.79. The van der Waals surface area contributed by atoms with E-state index in [1.807, 2.05) is 0 Å². The van der Waals surface area contributed by atoms with Crippen LogP contribution < -0.4 is 0 Å². The highest BCUT2D eigenvalue weighted by Crippen LogP contribution is 2.55. The largest absolute Gasteiger partial charge is 0.469 e. The second kappa shape index (κ2) is 4.24. The number of aliphatic hydroxyl groups is 1. The van der Waals surface area contributed by atoms with Crippen molar-refractivity contribution in [3.05, 3.63) is 11.8 Å². The third-order valence-electron chi connectivity index (χ3n) is 4.54. The minimum absolute atomic E-state index is 0.0651. The first-order valence-corrected chi connectivity index (χ1v) is 6.43. The maximum Gasteiger partial charge on any atom is 0.337 e. The van der Waals surface area contributed by atoms with E-state index in [-0.39, 0.29) is 30.3 Å². The summed E-state index contributed by atoms with van der Waals surface area (Å²) in [6.07, 6.45) is 4.11. The number of methoxy groups -OCH3 is 1. The van der Waals surface area contributed by atoms with E-state index >= 15 is 0 Å². The van der Waals surface area contributed by atoms with Gasteiger partial charge in [0.25, 0.3) is 0 Å². The van der Waals surface area contributed by atoms with E-state index < -0.39 is 5.79 Å². The first-order valence-electron chi connectivity index (χ1n) is 6.43. The quantitative estimate of drug-likeness (QED) is 0.739. The van der Waals surface area contributed by atoms with Gasteiger partial charge in [-0.05, 0) is 18.8 Å². The highest BCUT2D eigenvalue weighted by Gasteiger charge is 2.59. The van der Waals surface area contributed by atoms with Crippen molar-refractivity contribution in [3.63, 3.8) is 0 Å². The van der Waals surface area contributed by atoms with Crippen molar-refractivity contribution >= 4 is 5.97 Å². The molecule has 1 saturated carbocycles. The third-order valence-corrected chi connectivity index (χ3v) is 4.54. The number of hydrogen-bond acceptors (Lipinski definition) is 5. The van der Waals surface area contributed by atoms with Crippen LogP contribution in [-0.2, 0) is 19.0 Å². The maximum atomic E-state index is 11.7. The highest BCUT2D eigenvalue weighted by molar-refractivity contribution is 5.89. The number of hydrogen-bond donors (Lipinski definition) is 1. The molecule has 3 rings (SSSR count). The van der Waals surface area contributed by atoms with Gasteiger partial charge in [-0.2, -0.15) is 0 Å². The molecular formula is C13H18O5. The Morgan fingerprint density at radius 1 is 1.61 bits per heavy atom. The molecule has 0 aromatic rings. The molecule has 3 aliphatic rings. The molecule has 1 spiro atoms. The van der Waals surface area contributed by atoms with Crippen molar-refractivity contribution in [2.24, 2.45) is 17.8 Å². The van der Waals surface area contributed by atoms with E-state index in [0.29, 0.717) is 12.2 Å². The summed E-state index contributed by atoms with van der Waals surface area (Å²) < 4.78 is 16.1. The van der Waals surface area contributed by atoms with Gasteiger partial charge in [0.1, 0.15) is 0 Å². The molecule has 0 aromatic heterocycles. The Labute approximate surface area is 106 Å². The predicted molar refractivity (Wildman–Crippen MR) is 61.3 cm³/mol. The number of carbonyl (C=O) groups excluding carboxylic acids is 1. The average molecular weight is 254 g/mol. The Morgan fingerprint density at radius 3 is 2.94 bits per heavy atom. The lowest BCUT2D eigenvalue weighted by atomic mass is 9.74. The SMILES string of the molecule is COC(=O)C1=COC2(CCO2)C2C(CO)CCC12. The van der Waals surface area contributed by atoms with Crippen LogP contribution in [-0.4, -0.2) is 37.2 Å². The Balaban J connectivity index is 1.93. The number of aliphatic hydroxyl groups excluding tert-OH is 1. The number of rotatable bonds is 2. The van der Waals surface area contributed by atoms with Crippen LogP contribution in [0.5, 0.6) is 0 Å². The number of fused-ring (bicyclic) bond motifs is 2. The molecule has 0 bridgehead atoms. The molecule has 1 saturated heterocycles. The van der Waals surface area contributed by atoms with Crippen LogP contribution in [0.4, 0.5) is 0 Å². The molecule has 1 N–H and O–H groups in total. The number of carbonyl (C=O) groups is 1. The van der Waals surface area contributed by atoms with Gasteiger partial charge in [0.05, 0.1) is 25.6 Å². The summed E-state index contributed by atoms with van der Waals surface area (Å²) in [6.45, 7) is 0.798. The summed E-state index contributed by atoms with van der Waals surface area (Å²) >= 11 is 0. The molecule has 0 radical (unpaired) electrons. The van der Waals surface area contributed by atoms with Crippen LogP contribution >= 0.6 is 0 Å². The van der Waals surface area contributed by atoms with Crippen molar-refractivity contribution in [3.8, 4) is 0 Å². The van der Waals surface area contributed by atoms with E-state index in [4.69, 9.17) is 14.2 Å². The van der Waals surface area contributed by atoms with Gasteiger partial charge in [-0.15, -0.1) is 0 Å². The molecular weight excluding hydrogens is 236 g/mol. The van der Waals surface area contributed by atoms with Crippen LogP contribution in [0.25, 0.3) is 0 Å². The Morgan fingerprint density at radius 2 is 2.39 bits per heavy atom. The van der Waals surface area contributed by atoms with Crippen molar-refractivity contribution in [1.82, 2.24) is 0 Å². The molecule has 4 unspecified atom stereocenters. The van der Waals surface area contributed by atoms with Gasteiger partial charge in [-0.1, -0.05) is 0 Å². The van der Waals surface area contributed by atoms with Gasteiger partial charge in [-0.25, -0.2) is 4.79 Å². The molecule has 2 aliphatic heterocycles. The summed E-state index contributed by atoms with van der Waals surface area (Å²) in [5.41, 5.74) is 0.583. The minimum Gasteiger partial charge on any atom is -0.469 e. The molecule has 4 atom stereocenters. The Bertz CT molecular complexity index is 385. The fourth-order valence-corrected chi connectivity index (χ4v) is 3.61. The zero-order chi connectivity index (χ0) is 12.8. The molecule has 100 valence electrons. The van der Waals surface area contributed by atoms with E-state index in [9.17, 15) is 9.90 Å². The van der Waals surface area contributed by atoms with Crippen molar-refractivity contribution in [1.29, 1.82) is 0 Å². The van der Waals surface area contributed by atoms with Crippen LogP contribution in [0.2, 0.25) is 0 Å². The third kappa shape index (κ3) is 1.50. The molecule has 0 amide bonds. The smallest absolute Gasteiger partial charge is 0.337 e. The van der Waals surface area contributed by atoms with E-state index in [1.54, 1.807) is 0 Å². The molecule has 1 aliphatic carbocycles. The van der Waals surface area contributed by atoms with E-state index in [1.165, 1.54) is 13.4 Å². The molecule has 18 heavy (non-hydrogen) atoms. The van der Waals surface area contributed by atoms with Crippen molar-refractivity contribution in [2.45, 2.75) is 25.0 Å². The molecule has 5 heteroatoms. The molecule has 0 aromatic carbocycles. The van der Waals surface area contributed by atoms with Gasteiger partial charge in [0.2, 0.25) is 5.79 Å². The van der Waals surface area contributed by atoms with E-state index in [2.05, 4.69) is 0 Å². The highest BCUT2D eigenvalue weighted by atomic mass is 16.7. The van der Waals surface area contributed by atoms with Crippen LogP contribution in [0.1, 0.15) is 19.3 Å². The van der Waals surface area contributed by atoms with Gasteiger partial charge in [-0.3, -0.25) is 0 Å². The first kappa shape index (κ1) is 12.0. The topological polar surface area (TPSA) is 65.0 Å². The van der Waals surface area contributed by atoms with Crippen LogP contribution in [0.15, 0.2) is 11.8 Å². The monoisotopic (exact) mass is 254 g/mol. The fraction of sp³-hybridized carbons (Fsp3) is 0.769. The zero-order valence-electron chi connectivity index (χ0n) is 10.4. The van der Waals surface area contributed by atoms with Gasteiger partial charge >= 0.3 is 5.97 Å². The second-order valence-corrected chi connectivity index (χ2v) is 5.25. The molecule has 2 heterocycles. The van der Waals surface area contributed by atoms with Crippen molar-refractivity contribution < 1.29 is 24.1 Å². The van der Waals surface area contributed by atoms with Crippen LogP contribution in [0, 0.1) is 17.8 Å². The van der Waals surface area contributed by atoms with E-state index in [0.717, 1.165) is 19.3 Å². The summed E-state index contributed by atoms with van der Waals surface area (Å²) in [6, 6.07) is 0. The standard InChI is InChI=1S/C13H18O5/c1-16-12(15)10-7-18-13(4-5-17-13)11-8(6-14)2-3-9(10)11/h7-9,11,14H,2-6H2,1H3. The lowest BCUT2D eigenvalue weighted by Gasteiger charge is -2.50. The summed E-state index contributed by atoms with van der Waals surface area (Å²) in [5, 5.41) is 9.49. The second-order valence-electron chi connectivity index (χ2n) is 5.25. The lowest BCUT2D eigenvalue weighted by molar-refractivity contribution is -0.329. The molecule has 5 nitrogen and oxygen atoms in total. The maximum absolute atomic E-state index is 11.7. The van der Waals surface area contributed by atoms with Gasteiger partial charge < -0.3 is 19.3 Å². The summed E-state index contributed by atoms with van der Waals surface area (Å²) in [7, 11) is 1.38.